The van der Waals surface area contributed by atoms with E-state index >= 15 is 0 Å². The van der Waals surface area contributed by atoms with Gasteiger partial charge in [-0.2, -0.15) is 10.2 Å². The van der Waals surface area contributed by atoms with Crippen molar-refractivity contribution >= 4 is 33.2 Å². The molecule has 4 N–H and O–H groups in total. The van der Waals surface area contributed by atoms with Crippen molar-refractivity contribution in [2.75, 3.05) is 11.5 Å². The lowest BCUT2D eigenvalue weighted by Crippen LogP contribution is -2.05. The standard InChI is InChI=1S/C13H8FN5S/c14-7-3-6-1-2-20-11(6)8(4-7)10-9(5-15)12(16)19-13(17)18-10/h1-4H,(H4,16,17,18,19). The van der Waals surface area contributed by atoms with E-state index in [-0.39, 0.29) is 23.0 Å². The second-order valence-corrected chi connectivity index (χ2v) is 5.01. The maximum atomic E-state index is 13.7. The summed E-state index contributed by atoms with van der Waals surface area (Å²) in [6.07, 6.45) is 0. The highest BCUT2D eigenvalue weighted by Gasteiger charge is 2.17. The van der Waals surface area contributed by atoms with E-state index in [1.54, 1.807) is 6.07 Å². The second-order valence-electron chi connectivity index (χ2n) is 4.09. The molecule has 0 unspecified atom stereocenters. The molecule has 0 saturated carbocycles. The van der Waals surface area contributed by atoms with Crippen molar-refractivity contribution < 1.29 is 4.39 Å². The Hall–Kier alpha value is -2.72. The van der Waals surface area contributed by atoms with Crippen LogP contribution in [-0.4, -0.2) is 9.97 Å². The number of hydrogen-bond donors (Lipinski definition) is 2. The molecule has 7 heteroatoms. The largest absolute Gasteiger partial charge is 0.382 e. The number of thiophene rings is 1. The number of halogens is 1. The third-order valence-electron chi connectivity index (χ3n) is 2.84. The fourth-order valence-corrected chi connectivity index (χ4v) is 2.92. The van der Waals surface area contributed by atoms with Gasteiger partial charge in [0.05, 0.1) is 5.69 Å². The van der Waals surface area contributed by atoms with Gasteiger partial charge in [0.25, 0.3) is 0 Å². The minimum absolute atomic E-state index is 0.0102. The van der Waals surface area contributed by atoms with Gasteiger partial charge < -0.3 is 11.5 Å². The summed E-state index contributed by atoms with van der Waals surface area (Å²) in [7, 11) is 0. The number of nitrogens with zero attached hydrogens (tertiary/aromatic N) is 3. The van der Waals surface area contributed by atoms with E-state index in [1.807, 2.05) is 11.4 Å². The zero-order chi connectivity index (χ0) is 14.3. The lowest BCUT2D eigenvalue weighted by molar-refractivity contribution is 0.630. The summed E-state index contributed by atoms with van der Waals surface area (Å²) < 4.78 is 14.5. The number of rotatable bonds is 1. The van der Waals surface area contributed by atoms with Crippen molar-refractivity contribution in [3.8, 4) is 17.3 Å². The molecule has 0 fully saturated rings. The first kappa shape index (κ1) is 12.3. The highest BCUT2D eigenvalue weighted by molar-refractivity contribution is 7.17. The van der Waals surface area contributed by atoms with E-state index < -0.39 is 5.82 Å². The Morgan fingerprint density at radius 1 is 1.25 bits per heavy atom. The van der Waals surface area contributed by atoms with Crippen LogP contribution in [0.1, 0.15) is 5.56 Å². The van der Waals surface area contributed by atoms with Crippen molar-refractivity contribution in [1.82, 2.24) is 9.97 Å². The molecule has 0 aliphatic rings. The molecule has 0 spiro atoms. The molecule has 0 amide bonds. The molecule has 5 nitrogen and oxygen atoms in total. The predicted molar refractivity (Wildman–Crippen MR) is 76.3 cm³/mol. The van der Waals surface area contributed by atoms with Crippen LogP contribution in [0.3, 0.4) is 0 Å². The number of nitrogens with two attached hydrogens (primary N) is 2. The first-order valence-electron chi connectivity index (χ1n) is 5.60. The molecule has 2 heterocycles. The van der Waals surface area contributed by atoms with E-state index in [1.165, 1.54) is 23.5 Å². The molecule has 0 saturated heterocycles. The topological polar surface area (TPSA) is 102 Å². The number of fused-ring (bicyclic) bond motifs is 1. The summed E-state index contributed by atoms with van der Waals surface area (Å²) in [5.41, 5.74) is 12.1. The van der Waals surface area contributed by atoms with Gasteiger partial charge in [0.1, 0.15) is 23.3 Å². The van der Waals surface area contributed by atoms with Crippen molar-refractivity contribution in [2.45, 2.75) is 0 Å². The molecule has 3 aromatic rings. The minimum Gasteiger partial charge on any atom is -0.382 e. The molecule has 3 rings (SSSR count). The summed E-state index contributed by atoms with van der Waals surface area (Å²) in [6.45, 7) is 0. The van der Waals surface area contributed by atoms with Crippen molar-refractivity contribution in [2.24, 2.45) is 0 Å². The Morgan fingerprint density at radius 3 is 2.80 bits per heavy atom. The summed E-state index contributed by atoms with van der Waals surface area (Å²) in [6, 6.07) is 6.49. The van der Waals surface area contributed by atoms with Crippen molar-refractivity contribution in [3.63, 3.8) is 0 Å². The van der Waals surface area contributed by atoms with E-state index in [2.05, 4.69) is 9.97 Å². The summed E-state index contributed by atoms with van der Waals surface area (Å²) in [5.74, 6) is -0.472. The van der Waals surface area contributed by atoms with E-state index in [9.17, 15) is 9.65 Å². The number of nitriles is 1. The fourth-order valence-electron chi connectivity index (χ4n) is 2.02. The van der Waals surface area contributed by atoms with Gasteiger partial charge in [0, 0.05) is 10.3 Å². The first-order chi connectivity index (χ1) is 9.60. The van der Waals surface area contributed by atoms with Crippen LogP contribution in [0.25, 0.3) is 21.3 Å². The molecule has 20 heavy (non-hydrogen) atoms. The maximum Gasteiger partial charge on any atom is 0.222 e. The van der Waals surface area contributed by atoms with Crippen LogP contribution in [0.4, 0.5) is 16.2 Å². The molecular formula is C13H8FN5S. The van der Waals surface area contributed by atoms with Gasteiger partial charge in [-0.15, -0.1) is 11.3 Å². The third-order valence-corrected chi connectivity index (χ3v) is 3.80. The van der Waals surface area contributed by atoms with Crippen LogP contribution >= 0.6 is 11.3 Å². The predicted octanol–water partition coefficient (Wildman–Crippen LogP) is 2.53. The van der Waals surface area contributed by atoms with Crippen LogP contribution in [0.5, 0.6) is 0 Å². The number of benzene rings is 1. The van der Waals surface area contributed by atoms with E-state index in [0.717, 1.165) is 10.1 Å². The minimum atomic E-state index is -0.412. The number of nitrogen functional groups attached to an aromatic ring is 2. The molecule has 0 radical (unpaired) electrons. The highest BCUT2D eigenvalue weighted by Crippen LogP contribution is 2.35. The maximum absolute atomic E-state index is 13.7. The Bertz CT molecular complexity index is 865. The Balaban J connectivity index is 2.42. The molecular weight excluding hydrogens is 277 g/mol. The third kappa shape index (κ3) is 1.83. The van der Waals surface area contributed by atoms with Crippen LogP contribution in [0.15, 0.2) is 23.6 Å². The lowest BCUT2D eigenvalue weighted by atomic mass is 10.1. The molecule has 0 atom stereocenters. The molecule has 0 aliphatic carbocycles. The zero-order valence-electron chi connectivity index (χ0n) is 10.1. The van der Waals surface area contributed by atoms with Gasteiger partial charge >= 0.3 is 0 Å². The van der Waals surface area contributed by atoms with Crippen molar-refractivity contribution in [1.29, 1.82) is 5.26 Å². The molecule has 2 aromatic heterocycles. The quantitative estimate of drug-likeness (QED) is 0.715. The van der Waals surface area contributed by atoms with Crippen LogP contribution < -0.4 is 11.5 Å². The Kier molecular flexibility index (Phi) is 2.73. The van der Waals surface area contributed by atoms with Crippen LogP contribution in [0, 0.1) is 17.1 Å². The van der Waals surface area contributed by atoms with Crippen molar-refractivity contribution in [3.05, 3.63) is 35.0 Å². The average molecular weight is 285 g/mol. The van der Waals surface area contributed by atoms with E-state index in [0.29, 0.717) is 5.56 Å². The second kappa shape index (κ2) is 4.43. The van der Waals surface area contributed by atoms with Gasteiger partial charge in [-0.1, -0.05) is 0 Å². The normalized spacial score (nSPS) is 10.6. The monoisotopic (exact) mass is 285 g/mol. The molecule has 1 aromatic carbocycles. The number of aromatic nitrogens is 2. The zero-order valence-corrected chi connectivity index (χ0v) is 10.9. The SMILES string of the molecule is N#Cc1c(N)nc(N)nc1-c1cc(F)cc2ccsc12. The van der Waals surface area contributed by atoms with E-state index in [4.69, 9.17) is 11.5 Å². The van der Waals surface area contributed by atoms with Gasteiger partial charge in [0.2, 0.25) is 5.95 Å². The number of hydrogen-bond acceptors (Lipinski definition) is 6. The molecule has 0 bridgehead atoms. The molecule has 98 valence electrons. The average Bonchev–Trinajstić information content (AvgIpc) is 2.84. The molecule has 0 aliphatic heterocycles. The van der Waals surface area contributed by atoms with Gasteiger partial charge in [0.15, 0.2) is 0 Å². The van der Waals surface area contributed by atoms with Gasteiger partial charge in [-0.25, -0.2) is 9.37 Å². The van der Waals surface area contributed by atoms with Crippen LogP contribution in [-0.2, 0) is 0 Å². The smallest absolute Gasteiger partial charge is 0.222 e. The van der Waals surface area contributed by atoms with Gasteiger partial charge in [-0.3, -0.25) is 0 Å². The number of anilines is 2. The summed E-state index contributed by atoms with van der Waals surface area (Å²) >= 11 is 1.43. The fraction of sp³-hybridized carbons (Fsp3) is 0. The first-order valence-corrected chi connectivity index (χ1v) is 6.48. The lowest BCUT2D eigenvalue weighted by Gasteiger charge is -2.08. The summed E-state index contributed by atoms with van der Waals surface area (Å²) in [4.78, 5) is 7.80. The van der Waals surface area contributed by atoms with Gasteiger partial charge in [-0.05, 0) is 29.0 Å². The van der Waals surface area contributed by atoms with Crippen LogP contribution in [0.2, 0.25) is 0 Å². The summed E-state index contributed by atoms with van der Waals surface area (Å²) in [5, 5.41) is 11.8. The Morgan fingerprint density at radius 2 is 2.05 bits per heavy atom. The highest BCUT2D eigenvalue weighted by atomic mass is 32.1. The Labute approximate surface area is 117 Å².